The lowest BCUT2D eigenvalue weighted by Crippen LogP contribution is -2.25. The zero-order chi connectivity index (χ0) is 15.3. The monoisotopic (exact) mass is 308 g/mol. The van der Waals surface area contributed by atoms with Gasteiger partial charge in [0.1, 0.15) is 10.7 Å². The minimum atomic E-state index is -3.58. The van der Waals surface area contributed by atoms with Gasteiger partial charge in [0.05, 0.1) is 12.2 Å². The molecule has 21 heavy (non-hydrogen) atoms. The highest BCUT2D eigenvalue weighted by Gasteiger charge is 2.18. The third kappa shape index (κ3) is 3.83. The number of aromatic nitrogens is 2. The van der Waals surface area contributed by atoms with E-state index in [0.717, 1.165) is 13.0 Å². The summed E-state index contributed by atoms with van der Waals surface area (Å²) in [5.41, 5.74) is 0.617. The van der Waals surface area contributed by atoms with E-state index in [1.807, 2.05) is 20.0 Å². The molecular weight excluding hydrogens is 288 g/mol. The van der Waals surface area contributed by atoms with Crippen molar-refractivity contribution >= 4 is 15.7 Å². The molecule has 0 aliphatic heterocycles. The number of benzene rings is 1. The molecule has 0 saturated heterocycles. The van der Waals surface area contributed by atoms with E-state index in [1.165, 1.54) is 0 Å². The zero-order valence-corrected chi connectivity index (χ0v) is 13.0. The number of imidazole rings is 1. The molecular formula is C14H20N4O2S. The van der Waals surface area contributed by atoms with Crippen LogP contribution in [0.4, 0.5) is 5.69 Å². The molecule has 0 aliphatic carbocycles. The summed E-state index contributed by atoms with van der Waals surface area (Å²) in [5.74, 6) is 0.664. The molecule has 0 bridgehead atoms. The van der Waals surface area contributed by atoms with E-state index < -0.39 is 10.0 Å². The van der Waals surface area contributed by atoms with Crippen molar-refractivity contribution in [1.29, 1.82) is 0 Å². The predicted octanol–water partition coefficient (Wildman–Crippen LogP) is 1.72. The smallest absolute Gasteiger partial charge is 0.243 e. The van der Waals surface area contributed by atoms with Gasteiger partial charge in [0.2, 0.25) is 10.0 Å². The number of nitrogens with one attached hydrogen (secondary N) is 2. The van der Waals surface area contributed by atoms with Crippen molar-refractivity contribution in [2.24, 2.45) is 7.05 Å². The van der Waals surface area contributed by atoms with Crippen LogP contribution in [0.1, 0.15) is 19.2 Å². The Hall–Kier alpha value is -1.86. The fourth-order valence-corrected chi connectivity index (χ4v) is 3.07. The molecule has 2 aromatic rings. The van der Waals surface area contributed by atoms with Crippen LogP contribution in [0.5, 0.6) is 0 Å². The van der Waals surface area contributed by atoms with Crippen molar-refractivity contribution in [3.63, 3.8) is 0 Å². The summed E-state index contributed by atoms with van der Waals surface area (Å²) in [7, 11) is -1.75. The summed E-state index contributed by atoms with van der Waals surface area (Å²) in [6.45, 7) is 2.92. The maximum atomic E-state index is 12.4. The average Bonchev–Trinajstić information content (AvgIpc) is 2.89. The molecule has 2 rings (SSSR count). The topological polar surface area (TPSA) is 76.0 Å². The van der Waals surface area contributed by atoms with Crippen molar-refractivity contribution in [1.82, 2.24) is 14.3 Å². The maximum absolute atomic E-state index is 12.4. The molecule has 0 radical (unpaired) electrons. The molecule has 0 atom stereocenters. The van der Waals surface area contributed by atoms with Gasteiger partial charge in [0, 0.05) is 26.0 Å². The molecule has 0 fully saturated rings. The second-order valence-corrected chi connectivity index (χ2v) is 6.44. The Bertz CT molecular complexity index is 695. The number of hydrogen-bond donors (Lipinski definition) is 2. The zero-order valence-electron chi connectivity index (χ0n) is 12.2. The van der Waals surface area contributed by atoms with Gasteiger partial charge < -0.3 is 9.88 Å². The van der Waals surface area contributed by atoms with Crippen molar-refractivity contribution < 1.29 is 8.42 Å². The van der Waals surface area contributed by atoms with Crippen LogP contribution in [0.25, 0.3) is 0 Å². The highest BCUT2D eigenvalue weighted by molar-refractivity contribution is 7.89. The fraction of sp³-hybridized carbons (Fsp3) is 0.357. The lowest BCUT2D eigenvalue weighted by molar-refractivity contribution is 0.578. The molecule has 6 nitrogen and oxygen atoms in total. The summed E-state index contributed by atoms with van der Waals surface area (Å²) in [6.07, 6.45) is 4.34. The number of nitrogens with zero attached hydrogens (tertiary/aromatic N) is 2. The van der Waals surface area contributed by atoms with Crippen LogP contribution in [-0.2, 0) is 23.6 Å². The van der Waals surface area contributed by atoms with E-state index in [4.69, 9.17) is 0 Å². The Morgan fingerprint density at radius 1 is 1.29 bits per heavy atom. The quantitative estimate of drug-likeness (QED) is 0.816. The largest absolute Gasteiger partial charge is 0.384 e. The minimum absolute atomic E-state index is 0.161. The fourth-order valence-electron chi connectivity index (χ4n) is 1.91. The summed E-state index contributed by atoms with van der Waals surface area (Å²) in [4.78, 5) is 4.36. The standard InChI is InChI=1S/C14H20N4O2S/c1-3-8-15-12-6-4-5-7-13(12)21(19,20)17-11-14-16-9-10-18(14)2/h4-7,9-10,15,17H,3,8,11H2,1-2H3. The van der Waals surface area contributed by atoms with Gasteiger partial charge >= 0.3 is 0 Å². The molecule has 1 heterocycles. The third-order valence-electron chi connectivity index (χ3n) is 3.08. The van der Waals surface area contributed by atoms with Crippen LogP contribution in [0.2, 0.25) is 0 Å². The molecule has 1 aromatic carbocycles. The number of rotatable bonds is 7. The van der Waals surface area contributed by atoms with E-state index in [-0.39, 0.29) is 11.4 Å². The number of hydrogen-bond acceptors (Lipinski definition) is 4. The van der Waals surface area contributed by atoms with Gasteiger partial charge in [-0.1, -0.05) is 19.1 Å². The molecule has 114 valence electrons. The first-order valence-corrected chi connectivity index (χ1v) is 8.31. The van der Waals surface area contributed by atoms with Crippen molar-refractivity contribution in [2.45, 2.75) is 24.8 Å². The third-order valence-corrected chi connectivity index (χ3v) is 4.54. The number of sulfonamides is 1. The second kappa shape index (κ2) is 6.73. The van der Waals surface area contributed by atoms with Crippen molar-refractivity contribution in [2.75, 3.05) is 11.9 Å². The molecule has 2 N–H and O–H groups in total. The normalized spacial score (nSPS) is 11.5. The minimum Gasteiger partial charge on any atom is -0.384 e. The summed E-state index contributed by atoms with van der Waals surface area (Å²) in [5, 5.41) is 3.13. The van der Waals surface area contributed by atoms with Crippen LogP contribution in [0, 0.1) is 0 Å². The van der Waals surface area contributed by atoms with Gasteiger partial charge in [-0.3, -0.25) is 0 Å². The molecule has 0 aliphatic rings. The van der Waals surface area contributed by atoms with Crippen LogP contribution < -0.4 is 10.0 Å². The molecule has 0 saturated carbocycles. The van der Waals surface area contributed by atoms with Crippen molar-refractivity contribution in [3.8, 4) is 0 Å². The van der Waals surface area contributed by atoms with E-state index >= 15 is 0 Å². The molecule has 7 heteroatoms. The molecule has 1 aromatic heterocycles. The Balaban J connectivity index is 2.17. The van der Waals surface area contributed by atoms with Gasteiger partial charge in [0.15, 0.2) is 0 Å². The number of para-hydroxylation sites is 1. The average molecular weight is 308 g/mol. The molecule has 0 spiro atoms. The van der Waals surface area contributed by atoms with Crippen LogP contribution in [0.3, 0.4) is 0 Å². The first kappa shape index (κ1) is 15.5. The van der Waals surface area contributed by atoms with Gasteiger partial charge in [-0.2, -0.15) is 0 Å². The van der Waals surface area contributed by atoms with E-state index in [9.17, 15) is 8.42 Å². The number of aryl methyl sites for hydroxylation is 1. The predicted molar refractivity (Wildman–Crippen MR) is 82.5 cm³/mol. The Kier molecular flexibility index (Phi) is 4.98. The summed E-state index contributed by atoms with van der Waals surface area (Å²) >= 11 is 0. The Morgan fingerprint density at radius 3 is 2.71 bits per heavy atom. The first-order chi connectivity index (χ1) is 10.0. The van der Waals surface area contributed by atoms with E-state index in [1.54, 1.807) is 35.2 Å². The van der Waals surface area contributed by atoms with Gasteiger partial charge in [-0.05, 0) is 18.6 Å². The summed E-state index contributed by atoms with van der Waals surface area (Å²) < 4.78 is 29.2. The second-order valence-electron chi connectivity index (χ2n) is 4.70. The molecule has 0 unspecified atom stereocenters. The lowest BCUT2D eigenvalue weighted by atomic mass is 10.3. The lowest BCUT2D eigenvalue weighted by Gasteiger charge is -2.12. The Morgan fingerprint density at radius 2 is 2.05 bits per heavy atom. The molecule has 0 amide bonds. The van der Waals surface area contributed by atoms with Crippen LogP contribution in [0.15, 0.2) is 41.6 Å². The first-order valence-electron chi connectivity index (χ1n) is 6.83. The van der Waals surface area contributed by atoms with Gasteiger partial charge in [0.25, 0.3) is 0 Å². The number of anilines is 1. The van der Waals surface area contributed by atoms with Crippen molar-refractivity contribution in [3.05, 3.63) is 42.5 Å². The SMILES string of the molecule is CCCNc1ccccc1S(=O)(=O)NCc1nccn1C. The van der Waals surface area contributed by atoms with Crippen LogP contribution in [-0.4, -0.2) is 24.5 Å². The van der Waals surface area contributed by atoms with Gasteiger partial charge in [-0.15, -0.1) is 0 Å². The van der Waals surface area contributed by atoms with E-state index in [0.29, 0.717) is 11.5 Å². The Labute approximate surface area is 125 Å². The summed E-state index contributed by atoms with van der Waals surface area (Å²) in [6, 6.07) is 6.89. The highest BCUT2D eigenvalue weighted by Crippen LogP contribution is 2.20. The van der Waals surface area contributed by atoms with Gasteiger partial charge in [-0.25, -0.2) is 18.1 Å². The highest BCUT2D eigenvalue weighted by atomic mass is 32.2. The van der Waals surface area contributed by atoms with E-state index in [2.05, 4.69) is 15.0 Å². The maximum Gasteiger partial charge on any atom is 0.243 e. The van der Waals surface area contributed by atoms with Crippen LogP contribution >= 0.6 is 0 Å².